The largest absolute Gasteiger partial charge is 0.273 e. The van der Waals surface area contributed by atoms with Crippen LogP contribution in [0, 0.1) is 11.6 Å². The third kappa shape index (κ3) is 3.59. The monoisotopic (exact) mass is 346 g/mol. The molecule has 0 atom stereocenters. The normalized spacial score (nSPS) is 11.2. The molecule has 0 spiro atoms. The van der Waals surface area contributed by atoms with E-state index in [2.05, 4.69) is 0 Å². The van der Waals surface area contributed by atoms with Gasteiger partial charge in [-0.2, -0.15) is 0 Å². The number of hydrogen-bond donors (Lipinski definition) is 2. The minimum absolute atomic E-state index is 0.0337. The maximum atomic E-state index is 13.5. The Kier molecular flexibility index (Phi) is 4.74. The fourth-order valence-corrected chi connectivity index (χ4v) is 2.70. The van der Waals surface area contributed by atoms with E-state index in [4.69, 9.17) is 11.6 Å². The first-order valence-corrected chi connectivity index (χ1v) is 7.69. The van der Waals surface area contributed by atoms with Crippen molar-refractivity contribution in [2.45, 2.75) is 4.90 Å². The van der Waals surface area contributed by atoms with E-state index >= 15 is 0 Å². The molecule has 2 rings (SSSR count). The predicted octanol–water partition coefficient (Wildman–Crippen LogP) is 2.24. The van der Waals surface area contributed by atoms with Crippen LogP contribution in [0.4, 0.5) is 8.78 Å². The predicted molar refractivity (Wildman–Crippen MR) is 75.6 cm³/mol. The average Bonchev–Trinajstić information content (AvgIpc) is 2.45. The van der Waals surface area contributed by atoms with Crippen LogP contribution < -0.4 is 10.3 Å². The van der Waals surface area contributed by atoms with Gasteiger partial charge in [0, 0.05) is 6.07 Å². The van der Waals surface area contributed by atoms with E-state index in [9.17, 15) is 22.0 Å². The number of carbonyl (C=O) groups is 1. The number of rotatable bonds is 4. The Balaban J connectivity index is 2.17. The summed E-state index contributed by atoms with van der Waals surface area (Å²) in [5.41, 5.74) is 1.93. The molecular formula is C13H9ClF2N2O3S. The fourth-order valence-electron chi connectivity index (χ4n) is 1.57. The molecule has 0 aromatic heterocycles. The highest BCUT2D eigenvalue weighted by Crippen LogP contribution is 2.16. The number of benzene rings is 2. The molecule has 0 radical (unpaired) electrons. The van der Waals surface area contributed by atoms with E-state index in [0.29, 0.717) is 6.07 Å². The molecule has 5 nitrogen and oxygen atoms in total. The third-order valence-corrected chi connectivity index (χ3v) is 4.21. The van der Waals surface area contributed by atoms with Gasteiger partial charge in [-0.3, -0.25) is 10.2 Å². The van der Waals surface area contributed by atoms with Crippen LogP contribution in [0.1, 0.15) is 10.4 Å². The third-order valence-electron chi connectivity index (χ3n) is 2.60. The van der Waals surface area contributed by atoms with Gasteiger partial charge in [-0.25, -0.2) is 17.2 Å². The van der Waals surface area contributed by atoms with Crippen molar-refractivity contribution < 1.29 is 22.0 Å². The van der Waals surface area contributed by atoms with Crippen molar-refractivity contribution in [3.63, 3.8) is 0 Å². The summed E-state index contributed by atoms with van der Waals surface area (Å²) in [6.45, 7) is 0. The van der Waals surface area contributed by atoms with E-state index in [0.717, 1.165) is 12.1 Å². The number of hydrazine groups is 1. The van der Waals surface area contributed by atoms with Gasteiger partial charge in [0.2, 0.25) is 0 Å². The minimum atomic E-state index is -4.39. The van der Waals surface area contributed by atoms with Crippen LogP contribution >= 0.6 is 11.6 Å². The quantitative estimate of drug-likeness (QED) is 0.834. The Morgan fingerprint density at radius 3 is 2.41 bits per heavy atom. The lowest BCUT2D eigenvalue weighted by Gasteiger charge is -2.09. The molecule has 0 unspecified atom stereocenters. The SMILES string of the molecule is O=C(NNS(=O)(=O)c1ccc(F)cc1F)c1ccccc1Cl. The van der Waals surface area contributed by atoms with Crippen LogP contribution in [0.25, 0.3) is 0 Å². The Morgan fingerprint density at radius 2 is 1.77 bits per heavy atom. The van der Waals surface area contributed by atoms with Crippen LogP contribution in [0.15, 0.2) is 47.4 Å². The lowest BCUT2D eigenvalue weighted by atomic mass is 10.2. The first-order chi connectivity index (χ1) is 10.3. The number of halogens is 3. The first-order valence-electron chi connectivity index (χ1n) is 5.83. The highest BCUT2D eigenvalue weighted by molar-refractivity contribution is 7.89. The molecule has 0 aliphatic heterocycles. The molecule has 2 aromatic rings. The summed E-state index contributed by atoms with van der Waals surface area (Å²) in [6.07, 6.45) is 0. The summed E-state index contributed by atoms with van der Waals surface area (Å²) in [6, 6.07) is 7.91. The van der Waals surface area contributed by atoms with Gasteiger partial charge in [-0.15, -0.1) is 4.83 Å². The van der Waals surface area contributed by atoms with Crippen molar-refractivity contribution in [1.29, 1.82) is 0 Å². The Bertz CT molecular complexity index is 828. The zero-order chi connectivity index (χ0) is 16.3. The van der Waals surface area contributed by atoms with Crippen LogP contribution in [-0.2, 0) is 10.0 Å². The molecule has 0 aliphatic carbocycles. The molecule has 9 heteroatoms. The Hall–Kier alpha value is -2.03. The molecule has 0 aliphatic rings. The van der Waals surface area contributed by atoms with E-state index in [-0.39, 0.29) is 10.6 Å². The van der Waals surface area contributed by atoms with Gasteiger partial charge in [-0.05, 0) is 24.3 Å². The number of nitrogens with one attached hydrogen (secondary N) is 2. The lowest BCUT2D eigenvalue weighted by Crippen LogP contribution is -2.41. The van der Waals surface area contributed by atoms with Crippen LogP contribution in [0.3, 0.4) is 0 Å². The summed E-state index contributed by atoms with van der Waals surface area (Å²) in [5.74, 6) is -3.02. The highest BCUT2D eigenvalue weighted by Gasteiger charge is 2.21. The average molecular weight is 347 g/mol. The Labute approximate surface area is 129 Å². The number of amides is 1. The smallest absolute Gasteiger partial charge is 0.267 e. The van der Waals surface area contributed by atoms with Gasteiger partial charge in [0.1, 0.15) is 16.5 Å². The molecule has 22 heavy (non-hydrogen) atoms. The standard InChI is InChI=1S/C13H9ClF2N2O3S/c14-10-4-2-1-3-9(10)13(19)17-18-22(20,21)12-6-5-8(15)7-11(12)16/h1-7,18H,(H,17,19). The van der Waals surface area contributed by atoms with Crippen LogP contribution in [0.2, 0.25) is 5.02 Å². The second kappa shape index (κ2) is 6.39. The van der Waals surface area contributed by atoms with Gasteiger partial charge in [0.05, 0.1) is 10.6 Å². The zero-order valence-electron chi connectivity index (χ0n) is 10.8. The van der Waals surface area contributed by atoms with E-state index in [1.807, 2.05) is 5.43 Å². The lowest BCUT2D eigenvalue weighted by molar-refractivity contribution is 0.0945. The molecule has 0 saturated heterocycles. The second-order valence-electron chi connectivity index (χ2n) is 4.11. The molecule has 116 valence electrons. The summed E-state index contributed by atoms with van der Waals surface area (Å²) in [5, 5.41) is 0.118. The van der Waals surface area contributed by atoms with Crippen molar-refractivity contribution in [3.05, 3.63) is 64.7 Å². The molecule has 1 amide bonds. The number of sulfonamides is 1. The topological polar surface area (TPSA) is 75.3 Å². The summed E-state index contributed by atoms with van der Waals surface area (Å²) < 4.78 is 50.0. The van der Waals surface area contributed by atoms with Gasteiger partial charge >= 0.3 is 0 Å². The van der Waals surface area contributed by atoms with E-state index in [1.165, 1.54) is 18.2 Å². The molecule has 0 bridgehead atoms. The van der Waals surface area contributed by atoms with Crippen molar-refractivity contribution in [2.75, 3.05) is 0 Å². The highest BCUT2D eigenvalue weighted by atomic mass is 35.5. The van der Waals surface area contributed by atoms with Crippen LogP contribution in [-0.4, -0.2) is 14.3 Å². The van der Waals surface area contributed by atoms with Gasteiger partial charge < -0.3 is 0 Å². The van der Waals surface area contributed by atoms with Crippen molar-refractivity contribution >= 4 is 27.5 Å². The maximum Gasteiger partial charge on any atom is 0.267 e. The van der Waals surface area contributed by atoms with Crippen molar-refractivity contribution in [2.24, 2.45) is 0 Å². The zero-order valence-corrected chi connectivity index (χ0v) is 12.4. The molecule has 0 heterocycles. The van der Waals surface area contributed by atoms with Gasteiger partial charge in [0.15, 0.2) is 0 Å². The molecule has 0 fully saturated rings. The summed E-state index contributed by atoms with van der Waals surface area (Å²) in [4.78, 5) is 12.7. The van der Waals surface area contributed by atoms with Crippen molar-refractivity contribution in [3.8, 4) is 0 Å². The van der Waals surface area contributed by atoms with Gasteiger partial charge in [-0.1, -0.05) is 23.7 Å². The van der Waals surface area contributed by atoms with Crippen LogP contribution in [0.5, 0.6) is 0 Å². The molecular weight excluding hydrogens is 338 g/mol. The van der Waals surface area contributed by atoms with Crippen molar-refractivity contribution in [1.82, 2.24) is 10.3 Å². The molecule has 0 saturated carbocycles. The number of hydrogen-bond acceptors (Lipinski definition) is 3. The first kappa shape index (κ1) is 16.3. The minimum Gasteiger partial charge on any atom is -0.273 e. The maximum absolute atomic E-state index is 13.5. The summed E-state index contributed by atoms with van der Waals surface area (Å²) >= 11 is 5.79. The number of carbonyl (C=O) groups excluding carboxylic acids is 1. The second-order valence-corrected chi connectivity index (χ2v) is 6.17. The fraction of sp³-hybridized carbons (Fsp3) is 0. The van der Waals surface area contributed by atoms with Gasteiger partial charge in [0.25, 0.3) is 15.9 Å². The Morgan fingerprint density at radius 1 is 1.09 bits per heavy atom. The van der Waals surface area contributed by atoms with E-state index in [1.54, 1.807) is 10.9 Å². The van der Waals surface area contributed by atoms with E-state index < -0.39 is 32.5 Å². The molecule has 2 N–H and O–H groups in total. The summed E-state index contributed by atoms with van der Waals surface area (Å²) in [7, 11) is -4.39. The molecule has 2 aromatic carbocycles.